The van der Waals surface area contributed by atoms with E-state index >= 15 is 0 Å². The molecule has 2 heterocycles. The molecule has 1 fully saturated rings. The van der Waals surface area contributed by atoms with Gasteiger partial charge in [0, 0.05) is 24.2 Å². The fourth-order valence-corrected chi connectivity index (χ4v) is 4.31. The van der Waals surface area contributed by atoms with Crippen LogP contribution >= 0.6 is 11.3 Å². The number of thiophene rings is 1. The highest BCUT2D eigenvalue weighted by Crippen LogP contribution is 2.33. The molecule has 2 N–H and O–H groups in total. The smallest absolute Gasteiger partial charge is 0.264 e. The number of rotatable bonds is 3. The van der Waals surface area contributed by atoms with Gasteiger partial charge in [-0.1, -0.05) is 17.7 Å². The highest BCUT2D eigenvalue weighted by molar-refractivity contribution is 7.21. The van der Waals surface area contributed by atoms with E-state index in [0.717, 1.165) is 21.6 Å². The molecule has 22 heavy (non-hydrogen) atoms. The topological polar surface area (TPSA) is 63.4 Å². The van der Waals surface area contributed by atoms with Crippen LogP contribution in [0.25, 0.3) is 10.1 Å². The molecule has 1 unspecified atom stereocenters. The summed E-state index contributed by atoms with van der Waals surface area (Å²) >= 11 is 1.56. The SMILES string of the molecule is Cc1ccc2sc(C(=O)N3CCC(CC(N)=O)C3)c(C)c2c1. The van der Waals surface area contributed by atoms with Gasteiger partial charge in [-0.15, -0.1) is 11.3 Å². The molecule has 0 aliphatic carbocycles. The Hall–Kier alpha value is -1.88. The predicted octanol–water partition coefficient (Wildman–Crippen LogP) is 2.86. The number of nitrogens with two attached hydrogens (primary N) is 1. The van der Waals surface area contributed by atoms with Crippen molar-refractivity contribution in [2.45, 2.75) is 26.7 Å². The molecular weight excluding hydrogens is 296 g/mol. The first-order valence-electron chi connectivity index (χ1n) is 7.53. The number of carbonyl (C=O) groups is 2. The van der Waals surface area contributed by atoms with Crippen LogP contribution in [0.1, 0.15) is 33.6 Å². The van der Waals surface area contributed by atoms with Crippen LogP contribution in [0, 0.1) is 19.8 Å². The number of aryl methyl sites for hydroxylation is 2. The zero-order valence-electron chi connectivity index (χ0n) is 12.9. The van der Waals surface area contributed by atoms with E-state index in [1.54, 1.807) is 11.3 Å². The molecule has 0 radical (unpaired) electrons. The summed E-state index contributed by atoms with van der Waals surface area (Å²) in [7, 11) is 0. The second-order valence-electron chi connectivity index (χ2n) is 6.13. The molecule has 1 aromatic carbocycles. The van der Waals surface area contributed by atoms with Gasteiger partial charge in [-0.3, -0.25) is 9.59 Å². The van der Waals surface area contributed by atoms with Gasteiger partial charge in [0.05, 0.1) is 4.88 Å². The number of primary amides is 1. The van der Waals surface area contributed by atoms with Crippen LogP contribution in [0.5, 0.6) is 0 Å². The molecule has 3 rings (SSSR count). The van der Waals surface area contributed by atoms with E-state index in [0.29, 0.717) is 19.5 Å². The first-order valence-corrected chi connectivity index (χ1v) is 8.34. The lowest BCUT2D eigenvalue weighted by atomic mass is 10.1. The highest BCUT2D eigenvalue weighted by Gasteiger charge is 2.29. The maximum absolute atomic E-state index is 12.8. The summed E-state index contributed by atoms with van der Waals surface area (Å²) in [6.07, 6.45) is 1.23. The van der Waals surface area contributed by atoms with Crippen molar-refractivity contribution in [2.75, 3.05) is 13.1 Å². The Morgan fingerprint density at radius 2 is 2.14 bits per heavy atom. The number of nitrogens with zero attached hydrogens (tertiary/aromatic N) is 1. The Balaban J connectivity index is 1.84. The minimum absolute atomic E-state index is 0.0864. The van der Waals surface area contributed by atoms with Crippen LogP contribution < -0.4 is 5.73 Å². The van der Waals surface area contributed by atoms with Crippen molar-refractivity contribution in [3.63, 3.8) is 0 Å². The van der Waals surface area contributed by atoms with Crippen molar-refractivity contribution in [2.24, 2.45) is 11.7 Å². The number of amides is 2. The second-order valence-corrected chi connectivity index (χ2v) is 7.18. The van der Waals surface area contributed by atoms with Crippen molar-refractivity contribution in [3.05, 3.63) is 34.2 Å². The molecule has 1 aliphatic rings. The fraction of sp³-hybridized carbons (Fsp3) is 0.412. The Morgan fingerprint density at radius 1 is 1.36 bits per heavy atom. The third-order valence-corrected chi connectivity index (χ3v) is 5.61. The van der Waals surface area contributed by atoms with Crippen LogP contribution in [-0.4, -0.2) is 29.8 Å². The maximum Gasteiger partial charge on any atom is 0.264 e. The fourth-order valence-electron chi connectivity index (χ4n) is 3.15. The van der Waals surface area contributed by atoms with E-state index in [4.69, 9.17) is 5.73 Å². The van der Waals surface area contributed by atoms with Gasteiger partial charge >= 0.3 is 0 Å². The summed E-state index contributed by atoms with van der Waals surface area (Å²) in [5.74, 6) is 0.00881. The molecule has 4 nitrogen and oxygen atoms in total. The van der Waals surface area contributed by atoms with Gasteiger partial charge in [0.2, 0.25) is 5.91 Å². The van der Waals surface area contributed by atoms with Crippen molar-refractivity contribution in [3.8, 4) is 0 Å². The molecule has 2 amide bonds. The standard InChI is InChI=1S/C17H20N2O2S/c1-10-3-4-14-13(7-10)11(2)16(22-14)17(21)19-6-5-12(9-19)8-15(18)20/h3-4,7,12H,5-6,8-9H2,1-2H3,(H2,18,20). The number of benzene rings is 1. The van der Waals surface area contributed by atoms with Crippen molar-refractivity contribution in [1.82, 2.24) is 4.90 Å². The molecule has 116 valence electrons. The number of hydrogen-bond donors (Lipinski definition) is 1. The van der Waals surface area contributed by atoms with Gasteiger partial charge < -0.3 is 10.6 Å². The average Bonchev–Trinajstić information content (AvgIpc) is 3.03. The Morgan fingerprint density at radius 3 is 2.86 bits per heavy atom. The van der Waals surface area contributed by atoms with Crippen molar-refractivity contribution in [1.29, 1.82) is 0 Å². The molecular formula is C17H20N2O2S. The quantitative estimate of drug-likeness (QED) is 0.946. The molecule has 0 spiro atoms. The molecule has 0 bridgehead atoms. The van der Waals surface area contributed by atoms with Gasteiger partial charge in [-0.2, -0.15) is 0 Å². The third-order valence-electron chi connectivity index (χ3n) is 4.35. The summed E-state index contributed by atoms with van der Waals surface area (Å²) in [4.78, 5) is 26.5. The van der Waals surface area contributed by atoms with E-state index in [1.165, 1.54) is 10.9 Å². The molecule has 1 saturated heterocycles. The summed E-state index contributed by atoms with van der Waals surface area (Å²) in [5, 5.41) is 1.17. The molecule has 0 saturated carbocycles. The summed E-state index contributed by atoms with van der Waals surface area (Å²) in [5.41, 5.74) is 7.52. The summed E-state index contributed by atoms with van der Waals surface area (Å²) in [6, 6.07) is 6.29. The molecule has 1 aliphatic heterocycles. The lowest BCUT2D eigenvalue weighted by Gasteiger charge is -2.15. The van der Waals surface area contributed by atoms with Gasteiger partial charge in [0.1, 0.15) is 0 Å². The Kier molecular flexibility index (Phi) is 3.91. The van der Waals surface area contributed by atoms with Crippen molar-refractivity contribution >= 4 is 33.2 Å². The Labute approximate surface area is 133 Å². The summed E-state index contributed by atoms with van der Waals surface area (Å²) in [6.45, 7) is 5.42. The van der Waals surface area contributed by atoms with Crippen molar-refractivity contribution < 1.29 is 9.59 Å². The molecule has 1 atom stereocenters. The zero-order valence-corrected chi connectivity index (χ0v) is 13.7. The normalized spacial score (nSPS) is 18.1. The largest absolute Gasteiger partial charge is 0.370 e. The van der Waals surface area contributed by atoms with Gasteiger partial charge in [-0.05, 0) is 43.2 Å². The van der Waals surface area contributed by atoms with Crippen LogP contribution in [0.2, 0.25) is 0 Å². The van der Waals surface area contributed by atoms with Crippen LogP contribution in [0.15, 0.2) is 18.2 Å². The number of likely N-dealkylation sites (tertiary alicyclic amines) is 1. The first kappa shape index (κ1) is 15.0. The van der Waals surface area contributed by atoms with E-state index in [2.05, 4.69) is 25.1 Å². The zero-order chi connectivity index (χ0) is 15.9. The maximum atomic E-state index is 12.8. The highest BCUT2D eigenvalue weighted by atomic mass is 32.1. The molecule has 2 aromatic rings. The van der Waals surface area contributed by atoms with Gasteiger partial charge in [0.25, 0.3) is 5.91 Å². The number of hydrogen-bond acceptors (Lipinski definition) is 3. The van der Waals surface area contributed by atoms with Crippen LogP contribution in [-0.2, 0) is 4.79 Å². The Bertz CT molecular complexity index is 750. The van der Waals surface area contributed by atoms with E-state index in [1.807, 2.05) is 11.8 Å². The molecule has 5 heteroatoms. The third kappa shape index (κ3) is 2.73. The predicted molar refractivity (Wildman–Crippen MR) is 89.1 cm³/mol. The summed E-state index contributed by atoms with van der Waals surface area (Å²) < 4.78 is 1.15. The lowest BCUT2D eigenvalue weighted by molar-refractivity contribution is -0.118. The first-order chi connectivity index (χ1) is 10.5. The number of fused-ring (bicyclic) bond motifs is 1. The van der Waals surface area contributed by atoms with Gasteiger partial charge in [0.15, 0.2) is 0 Å². The van der Waals surface area contributed by atoms with Crippen LogP contribution in [0.4, 0.5) is 0 Å². The second kappa shape index (κ2) is 5.72. The minimum atomic E-state index is -0.284. The average molecular weight is 316 g/mol. The van der Waals surface area contributed by atoms with E-state index < -0.39 is 0 Å². The molecule has 1 aromatic heterocycles. The van der Waals surface area contributed by atoms with E-state index in [-0.39, 0.29) is 17.7 Å². The number of carbonyl (C=O) groups excluding carboxylic acids is 2. The monoisotopic (exact) mass is 316 g/mol. The van der Waals surface area contributed by atoms with Gasteiger partial charge in [-0.25, -0.2) is 0 Å². The van der Waals surface area contributed by atoms with E-state index in [9.17, 15) is 9.59 Å². The minimum Gasteiger partial charge on any atom is -0.370 e. The lowest BCUT2D eigenvalue weighted by Crippen LogP contribution is -2.29. The van der Waals surface area contributed by atoms with Crippen LogP contribution in [0.3, 0.4) is 0 Å².